The van der Waals surface area contributed by atoms with Crippen LogP contribution in [0.1, 0.15) is 46.1 Å². The van der Waals surface area contributed by atoms with Crippen molar-refractivity contribution < 1.29 is 23.9 Å². The molecule has 0 aromatic heterocycles. The van der Waals surface area contributed by atoms with Crippen molar-refractivity contribution in [2.24, 2.45) is 0 Å². The first-order valence-electron chi connectivity index (χ1n) is 9.07. The van der Waals surface area contributed by atoms with Gasteiger partial charge in [-0.3, -0.25) is 19.3 Å². The maximum Gasteiger partial charge on any atom is 0.325 e. The molecule has 0 radical (unpaired) electrons. The van der Waals surface area contributed by atoms with Crippen LogP contribution in [0.5, 0.6) is 5.75 Å². The number of ether oxygens (including phenoxy) is 1. The number of nitrogens with one attached hydrogen (secondary N) is 2. The van der Waals surface area contributed by atoms with Crippen molar-refractivity contribution in [2.45, 2.75) is 51.6 Å². The monoisotopic (exact) mass is 389 g/mol. The van der Waals surface area contributed by atoms with Gasteiger partial charge < -0.3 is 15.4 Å². The number of ketones is 1. The van der Waals surface area contributed by atoms with Crippen molar-refractivity contribution >= 4 is 23.6 Å². The van der Waals surface area contributed by atoms with E-state index in [9.17, 15) is 19.2 Å². The number of carbonyl (C=O) groups excluding carboxylic acids is 4. The second-order valence-corrected chi connectivity index (χ2v) is 7.80. The third-order valence-corrected chi connectivity index (χ3v) is 4.67. The average Bonchev–Trinajstić information content (AvgIpc) is 2.81. The number of hydrogen-bond donors (Lipinski definition) is 2. The number of methoxy groups -OCH3 is 1. The Balaban J connectivity index is 2.03. The van der Waals surface area contributed by atoms with E-state index in [-0.39, 0.29) is 31.1 Å². The lowest BCUT2D eigenvalue weighted by Crippen LogP contribution is -2.46. The number of carbonyl (C=O) groups is 4. The first kappa shape index (κ1) is 21.4. The lowest BCUT2D eigenvalue weighted by molar-refractivity contribution is -0.131. The summed E-state index contributed by atoms with van der Waals surface area (Å²) in [5.41, 5.74) is -1.26. The molecule has 8 heteroatoms. The normalized spacial score (nSPS) is 19.4. The maximum atomic E-state index is 12.9. The van der Waals surface area contributed by atoms with Gasteiger partial charge in [-0.15, -0.1) is 0 Å². The Kier molecular flexibility index (Phi) is 6.11. The minimum absolute atomic E-state index is 0.0327. The molecule has 0 saturated carbocycles. The fourth-order valence-corrected chi connectivity index (χ4v) is 3.34. The molecule has 0 spiro atoms. The molecule has 1 heterocycles. The molecule has 28 heavy (non-hydrogen) atoms. The van der Waals surface area contributed by atoms with Gasteiger partial charge in [0.2, 0.25) is 5.91 Å². The zero-order valence-electron chi connectivity index (χ0n) is 16.9. The van der Waals surface area contributed by atoms with Crippen LogP contribution in [-0.4, -0.2) is 47.7 Å². The van der Waals surface area contributed by atoms with Gasteiger partial charge in [0, 0.05) is 24.9 Å². The highest BCUT2D eigenvalue weighted by Gasteiger charge is 2.48. The van der Waals surface area contributed by atoms with Gasteiger partial charge in [-0.2, -0.15) is 0 Å². The minimum Gasteiger partial charge on any atom is -0.497 e. The van der Waals surface area contributed by atoms with Gasteiger partial charge in [-0.25, -0.2) is 4.79 Å². The van der Waals surface area contributed by atoms with Crippen LogP contribution >= 0.6 is 0 Å². The summed E-state index contributed by atoms with van der Waals surface area (Å²) in [5, 5.41) is 5.47. The summed E-state index contributed by atoms with van der Waals surface area (Å²) in [5.74, 6) is -0.135. The molecule has 1 aliphatic heterocycles. The summed E-state index contributed by atoms with van der Waals surface area (Å²) in [4.78, 5) is 49.7. The van der Waals surface area contributed by atoms with Crippen LogP contribution in [0, 0.1) is 0 Å². The average molecular weight is 389 g/mol. The summed E-state index contributed by atoms with van der Waals surface area (Å²) in [7, 11) is 1.55. The van der Waals surface area contributed by atoms with Crippen molar-refractivity contribution in [3.05, 3.63) is 29.8 Å². The molecule has 1 atom stereocenters. The van der Waals surface area contributed by atoms with Crippen LogP contribution in [0.3, 0.4) is 0 Å². The Labute approximate surface area is 164 Å². The van der Waals surface area contributed by atoms with Crippen LogP contribution in [0.2, 0.25) is 0 Å². The third-order valence-electron chi connectivity index (χ3n) is 4.67. The van der Waals surface area contributed by atoms with Crippen molar-refractivity contribution in [1.29, 1.82) is 0 Å². The van der Waals surface area contributed by atoms with Gasteiger partial charge in [0.25, 0.3) is 5.91 Å². The zero-order chi connectivity index (χ0) is 21.1. The second kappa shape index (κ2) is 8.00. The van der Waals surface area contributed by atoms with Crippen molar-refractivity contribution in [3.8, 4) is 5.75 Å². The minimum atomic E-state index is -1.20. The maximum absolute atomic E-state index is 12.9. The Morgan fingerprint density at radius 3 is 2.36 bits per heavy atom. The number of Topliss-reactive ketones (excluding diaryl/α,β-unsaturated/α-hetero) is 1. The fourth-order valence-electron chi connectivity index (χ4n) is 3.34. The van der Waals surface area contributed by atoms with E-state index in [1.807, 2.05) is 0 Å². The van der Waals surface area contributed by atoms with Crippen LogP contribution < -0.4 is 15.4 Å². The molecule has 152 valence electrons. The molecular weight excluding hydrogens is 362 g/mol. The lowest BCUT2D eigenvalue weighted by Gasteiger charge is -2.25. The Hall–Kier alpha value is -2.90. The molecule has 2 N–H and O–H groups in total. The van der Waals surface area contributed by atoms with E-state index in [2.05, 4.69) is 10.6 Å². The molecule has 1 fully saturated rings. The molecule has 0 bridgehead atoms. The van der Waals surface area contributed by atoms with E-state index in [0.717, 1.165) is 4.90 Å². The molecule has 1 aliphatic rings. The van der Waals surface area contributed by atoms with E-state index in [0.29, 0.717) is 11.3 Å². The predicted molar refractivity (Wildman–Crippen MR) is 103 cm³/mol. The van der Waals surface area contributed by atoms with Gasteiger partial charge in [0.15, 0.2) is 0 Å². The van der Waals surface area contributed by atoms with E-state index < -0.39 is 23.0 Å². The van der Waals surface area contributed by atoms with E-state index in [1.165, 1.54) is 6.92 Å². The van der Waals surface area contributed by atoms with Crippen molar-refractivity contribution in [3.63, 3.8) is 0 Å². The van der Waals surface area contributed by atoms with Gasteiger partial charge in [-0.05, 0) is 45.4 Å². The number of amides is 4. The van der Waals surface area contributed by atoms with Crippen molar-refractivity contribution in [1.82, 2.24) is 15.5 Å². The van der Waals surface area contributed by atoms with Crippen LogP contribution in [0.4, 0.5) is 4.79 Å². The summed E-state index contributed by atoms with van der Waals surface area (Å²) in [6, 6.07) is 6.33. The molecule has 1 saturated heterocycles. The summed E-state index contributed by atoms with van der Waals surface area (Å²) in [6.07, 6.45) is 0.163. The number of imide groups is 1. The SMILES string of the molecule is COc1ccc([C@]2(C)NC(=O)N(CCC(=O)NC(C)(C)CC(C)=O)C2=O)cc1. The van der Waals surface area contributed by atoms with Gasteiger partial charge in [0.1, 0.15) is 17.1 Å². The number of rotatable bonds is 8. The van der Waals surface area contributed by atoms with Crippen LogP contribution in [-0.2, 0) is 19.9 Å². The number of urea groups is 1. The summed E-state index contributed by atoms with van der Waals surface area (Å²) >= 11 is 0. The van der Waals surface area contributed by atoms with Crippen molar-refractivity contribution in [2.75, 3.05) is 13.7 Å². The molecule has 1 aromatic carbocycles. The van der Waals surface area contributed by atoms with E-state index >= 15 is 0 Å². The van der Waals surface area contributed by atoms with Gasteiger partial charge in [-0.1, -0.05) is 12.1 Å². The topological polar surface area (TPSA) is 105 Å². The molecular formula is C20H27N3O5. The van der Waals surface area contributed by atoms with E-state index in [4.69, 9.17) is 4.74 Å². The first-order valence-corrected chi connectivity index (χ1v) is 9.07. The van der Waals surface area contributed by atoms with Crippen LogP contribution in [0.25, 0.3) is 0 Å². The highest BCUT2D eigenvalue weighted by Crippen LogP contribution is 2.30. The molecule has 8 nitrogen and oxygen atoms in total. The van der Waals surface area contributed by atoms with Crippen LogP contribution in [0.15, 0.2) is 24.3 Å². The quantitative estimate of drug-likeness (QED) is 0.659. The Bertz CT molecular complexity index is 788. The fraction of sp³-hybridized carbons (Fsp3) is 0.500. The summed E-state index contributed by atoms with van der Waals surface area (Å²) < 4.78 is 5.11. The predicted octanol–water partition coefficient (Wildman–Crippen LogP) is 1.73. The highest BCUT2D eigenvalue weighted by atomic mass is 16.5. The number of benzene rings is 1. The van der Waals surface area contributed by atoms with E-state index in [1.54, 1.807) is 52.1 Å². The smallest absolute Gasteiger partial charge is 0.325 e. The number of nitrogens with zero attached hydrogens (tertiary/aromatic N) is 1. The second-order valence-electron chi connectivity index (χ2n) is 7.80. The zero-order valence-corrected chi connectivity index (χ0v) is 16.9. The van der Waals surface area contributed by atoms with Gasteiger partial charge >= 0.3 is 6.03 Å². The van der Waals surface area contributed by atoms with Gasteiger partial charge in [0.05, 0.1) is 7.11 Å². The molecule has 0 unspecified atom stereocenters. The molecule has 0 aliphatic carbocycles. The highest BCUT2D eigenvalue weighted by molar-refractivity contribution is 6.07. The first-order chi connectivity index (χ1) is 13.0. The Morgan fingerprint density at radius 1 is 1.21 bits per heavy atom. The number of hydrogen-bond acceptors (Lipinski definition) is 5. The summed E-state index contributed by atoms with van der Waals surface area (Å²) in [6.45, 7) is 6.55. The third kappa shape index (κ3) is 4.68. The standard InChI is InChI=1S/C20H27N3O5/c1-13(24)12-19(2,3)21-16(25)10-11-23-17(26)20(4,22-18(23)27)14-6-8-15(28-5)9-7-14/h6-9H,10-12H2,1-5H3,(H,21,25)(H,22,27)/t20-/m0/s1. The largest absolute Gasteiger partial charge is 0.497 e. The molecule has 4 amide bonds. The molecule has 2 rings (SSSR count). The Morgan fingerprint density at radius 2 is 1.82 bits per heavy atom. The molecule has 1 aromatic rings. The lowest BCUT2D eigenvalue weighted by atomic mass is 9.92.